The number of likely N-dealkylation sites (tertiary alicyclic amines) is 1. The van der Waals surface area contributed by atoms with Crippen LogP contribution >= 0.6 is 0 Å². The summed E-state index contributed by atoms with van der Waals surface area (Å²) in [6, 6.07) is 8.02. The fraction of sp³-hybridized carbons (Fsp3) is 0.684. The summed E-state index contributed by atoms with van der Waals surface area (Å²) < 4.78 is 0. The monoisotopic (exact) mass is 287 g/mol. The van der Waals surface area contributed by atoms with Crippen molar-refractivity contribution in [3.8, 4) is 5.75 Å². The molecule has 1 saturated heterocycles. The van der Waals surface area contributed by atoms with Crippen LogP contribution in [0.25, 0.3) is 0 Å². The first kappa shape index (κ1) is 14.9. The topological polar surface area (TPSA) is 23.5 Å². The summed E-state index contributed by atoms with van der Waals surface area (Å²) >= 11 is 0. The van der Waals surface area contributed by atoms with E-state index in [4.69, 9.17) is 0 Å². The highest BCUT2D eigenvalue weighted by Crippen LogP contribution is 2.43. The number of benzene rings is 1. The molecule has 2 fully saturated rings. The minimum absolute atomic E-state index is 0.253. The summed E-state index contributed by atoms with van der Waals surface area (Å²) in [4.78, 5) is 2.67. The van der Waals surface area contributed by atoms with Crippen molar-refractivity contribution in [2.45, 2.75) is 51.4 Å². The minimum atomic E-state index is 0.253. The van der Waals surface area contributed by atoms with Gasteiger partial charge in [-0.1, -0.05) is 32.4 Å². The quantitative estimate of drug-likeness (QED) is 0.848. The molecule has 0 radical (unpaired) electrons. The van der Waals surface area contributed by atoms with Crippen LogP contribution in [0, 0.1) is 11.8 Å². The molecule has 21 heavy (non-hydrogen) atoms. The first-order valence-electron chi connectivity index (χ1n) is 8.63. The Kier molecular flexibility index (Phi) is 4.26. The van der Waals surface area contributed by atoms with Gasteiger partial charge in [-0.15, -0.1) is 0 Å². The lowest BCUT2D eigenvalue weighted by Crippen LogP contribution is -2.33. The highest BCUT2D eigenvalue weighted by Gasteiger charge is 2.41. The molecule has 0 bridgehead atoms. The van der Waals surface area contributed by atoms with Crippen LogP contribution in [0.4, 0.5) is 0 Å². The molecule has 1 aliphatic carbocycles. The highest BCUT2D eigenvalue weighted by molar-refractivity contribution is 5.34. The lowest BCUT2D eigenvalue weighted by molar-refractivity contribution is 0.272. The largest absolute Gasteiger partial charge is 0.508 e. The Hall–Kier alpha value is -1.02. The van der Waals surface area contributed by atoms with Crippen molar-refractivity contribution in [2.24, 2.45) is 11.8 Å². The second-order valence-electron chi connectivity index (χ2n) is 7.48. The molecule has 2 aliphatic rings. The Morgan fingerprint density at radius 2 is 2.19 bits per heavy atom. The molecule has 2 atom stereocenters. The van der Waals surface area contributed by atoms with E-state index < -0.39 is 0 Å². The van der Waals surface area contributed by atoms with Crippen LogP contribution in [-0.2, 0) is 5.41 Å². The van der Waals surface area contributed by atoms with E-state index in [1.165, 1.54) is 57.3 Å². The number of hydrogen-bond donors (Lipinski definition) is 1. The minimum Gasteiger partial charge on any atom is -0.508 e. The van der Waals surface area contributed by atoms with Crippen LogP contribution in [0.1, 0.15) is 51.5 Å². The van der Waals surface area contributed by atoms with E-state index in [-0.39, 0.29) is 5.41 Å². The first-order chi connectivity index (χ1) is 10.1. The summed E-state index contributed by atoms with van der Waals surface area (Å²) in [6.45, 7) is 8.35. The van der Waals surface area contributed by atoms with Gasteiger partial charge in [-0.2, -0.15) is 0 Å². The predicted octanol–water partition coefficient (Wildman–Crippen LogP) is 4.18. The summed E-state index contributed by atoms with van der Waals surface area (Å²) in [5, 5.41) is 9.89. The second kappa shape index (κ2) is 6.00. The van der Waals surface area contributed by atoms with Gasteiger partial charge in [-0.25, -0.2) is 0 Å². The maximum atomic E-state index is 9.89. The Bertz CT molecular complexity index is 482. The molecule has 0 aromatic heterocycles. The molecule has 1 saturated carbocycles. The molecule has 1 N–H and O–H groups in total. The van der Waals surface area contributed by atoms with Crippen molar-refractivity contribution in [2.75, 3.05) is 19.6 Å². The number of aromatic hydroxyl groups is 1. The molecule has 0 unspecified atom stereocenters. The Balaban J connectivity index is 1.81. The molecule has 0 amide bonds. The van der Waals surface area contributed by atoms with Gasteiger partial charge in [0.15, 0.2) is 0 Å². The number of phenolic OH excluding ortho intramolecular Hbond substituents is 1. The summed E-state index contributed by atoms with van der Waals surface area (Å²) in [5.74, 6) is 2.12. The van der Waals surface area contributed by atoms with Gasteiger partial charge in [-0.3, -0.25) is 0 Å². The lowest BCUT2D eigenvalue weighted by Gasteiger charge is -2.33. The van der Waals surface area contributed by atoms with Gasteiger partial charge >= 0.3 is 0 Å². The van der Waals surface area contributed by atoms with E-state index in [0.717, 1.165) is 11.8 Å². The molecule has 1 aromatic carbocycles. The highest BCUT2D eigenvalue weighted by atomic mass is 16.3. The van der Waals surface area contributed by atoms with Gasteiger partial charge < -0.3 is 10.0 Å². The van der Waals surface area contributed by atoms with E-state index >= 15 is 0 Å². The van der Waals surface area contributed by atoms with E-state index in [1.54, 1.807) is 6.07 Å². The van der Waals surface area contributed by atoms with Crippen LogP contribution in [0.5, 0.6) is 5.75 Å². The normalized spacial score (nSPS) is 27.9. The molecule has 2 nitrogen and oxygen atoms in total. The van der Waals surface area contributed by atoms with E-state index in [9.17, 15) is 5.11 Å². The molecule has 3 rings (SSSR count). The van der Waals surface area contributed by atoms with Gasteiger partial charge in [0, 0.05) is 18.5 Å². The van der Waals surface area contributed by atoms with E-state index in [1.807, 2.05) is 12.1 Å². The van der Waals surface area contributed by atoms with E-state index in [0.29, 0.717) is 5.75 Å². The average molecular weight is 287 g/mol. The summed E-state index contributed by atoms with van der Waals surface area (Å²) in [6.07, 6.45) is 6.59. The summed E-state index contributed by atoms with van der Waals surface area (Å²) in [7, 11) is 0. The SMILES string of the molecule is CC[C@H](C)C[C@]1(c2cccc(O)c2)CCN(CC2CC2)C1. The predicted molar refractivity (Wildman–Crippen MR) is 87.6 cm³/mol. The number of hydrogen-bond acceptors (Lipinski definition) is 2. The Morgan fingerprint density at radius 3 is 2.86 bits per heavy atom. The number of phenols is 1. The third-order valence-corrected chi connectivity index (χ3v) is 5.54. The molecular formula is C19H29NO. The molecule has 0 spiro atoms. The van der Waals surface area contributed by atoms with Crippen LogP contribution in [0.3, 0.4) is 0 Å². The third kappa shape index (κ3) is 3.42. The molecule has 1 heterocycles. The zero-order valence-corrected chi connectivity index (χ0v) is 13.5. The first-order valence-corrected chi connectivity index (χ1v) is 8.63. The lowest BCUT2D eigenvalue weighted by atomic mass is 9.73. The maximum Gasteiger partial charge on any atom is 0.115 e. The third-order valence-electron chi connectivity index (χ3n) is 5.54. The zero-order chi connectivity index (χ0) is 14.9. The maximum absolute atomic E-state index is 9.89. The molecule has 1 aromatic rings. The number of rotatable bonds is 6. The van der Waals surface area contributed by atoms with Gasteiger partial charge in [0.05, 0.1) is 0 Å². The van der Waals surface area contributed by atoms with Crippen molar-refractivity contribution < 1.29 is 5.11 Å². The standard InChI is InChI=1S/C19H29NO/c1-3-15(2)12-19(17-5-4-6-18(21)11-17)9-10-20(14-19)13-16-7-8-16/h4-6,11,15-16,21H,3,7-10,12-14H2,1-2H3/t15-,19+/m0/s1. The van der Waals surface area contributed by atoms with Crippen LogP contribution in [0.2, 0.25) is 0 Å². The second-order valence-corrected chi connectivity index (χ2v) is 7.48. The molecule has 1 aliphatic heterocycles. The van der Waals surface area contributed by atoms with Crippen molar-refractivity contribution in [3.05, 3.63) is 29.8 Å². The van der Waals surface area contributed by atoms with Crippen molar-refractivity contribution in [1.29, 1.82) is 0 Å². The zero-order valence-electron chi connectivity index (χ0n) is 13.5. The fourth-order valence-electron chi connectivity index (χ4n) is 3.95. The van der Waals surface area contributed by atoms with Gasteiger partial charge in [0.2, 0.25) is 0 Å². The van der Waals surface area contributed by atoms with Gasteiger partial charge in [-0.05, 0) is 61.8 Å². The Morgan fingerprint density at radius 1 is 1.38 bits per heavy atom. The van der Waals surface area contributed by atoms with Crippen LogP contribution in [-0.4, -0.2) is 29.6 Å². The number of nitrogens with zero attached hydrogens (tertiary/aromatic N) is 1. The van der Waals surface area contributed by atoms with Crippen LogP contribution in [0.15, 0.2) is 24.3 Å². The van der Waals surface area contributed by atoms with Crippen molar-refractivity contribution in [1.82, 2.24) is 4.90 Å². The molecule has 116 valence electrons. The molecule has 2 heteroatoms. The van der Waals surface area contributed by atoms with Gasteiger partial charge in [0.1, 0.15) is 5.75 Å². The summed E-state index contributed by atoms with van der Waals surface area (Å²) in [5.41, 5.74) is 1.60. The fourth-order valence-corrected chi connectivity index (χ4v) is 3.95. The average Bonchev–Trinajstić information content (AvgIpc) is 3.19. The van der Waals surface area contributed by atoms with Gasteiger partial charge in [0.25, 0.3) is 0 Å². The van der Waals surface area contributed by atoms with Crippen molar-refractivity contribution in [3.63, 3.8) is 0 Å². The molecular weight excluding hydrogens is 258 g/mol. The van der Waals surface area contributed by atoms with Crippen molar-refractivity contribution >= 4 is 0 Å². The van der Waals surface area contributed by atoms with Crippen LogP contribution < -0.4 is 0 Å². The smallest absolute Gasteiger partial charge is 0.115 e. The Labute approximate surface area is 129 Å². The van der Waals surface area contributed by atoms with E-state index in [2.05, 4.69) is 24.8 Å².